The molecule has 0 aromatic heterocycles. The van der Waals surface area contributed by atoms with Crippen molar-refractivity contribution in [3.05, 3.63) is 33.3 Å². The molecule has 25 heavy (non-hydrogen) atoms. The number of fused-ring (bicyclic) bond motifs is 2. The maximum atomic E-state index is 11.9. The zero-order valence-corrected chi connectivity index (χ0v) is 14.3. The summed E-state index contributed by atoms with van der Waals surface area (Å²) in [6, 6.07) is 3.94. The Morgan fingerprint density at radius 3 is 2.76 bits per heavy atom. The second-order valence-corrected chi connectivity index (χ2v) is 7.18. The molecular formula is C17H19ClN2O5. The first-order valence-corrected chi connectivity index (χ1v) is 8.69. The van der Waals surface area contributed by atoms with Gasteiger partial charge in [0.15, 0.2) is 6.61 Å². The first-order chi connectivity index (χ1) is 11.9. The summed E-state index contributed by atoms with van der Waals surface area (Å²) in [6.07, 6.45) is 5.12. The molecule has 3 rings (SSSR count). The van der Waals surface area contributed by atoms with Crippen LogP contribution in [0.25, 0.3) is 0 Å². The Bertz CT molecular complexity index is 708. The number of nitrogens with zero attached hydrogens (tertiary/aromatic N) is 1. The minimum atomic E-state index is -0.632. The van der Waals surface area contributed by atoms with Crippen LogP contribution in [0.3, 0.4) is 0 Å². The van der Waals surface area contributed by atoms with E-state index in [0.717, 1.165) is 18.4 Å². The molecule has 0 spiro atoms. The lowest BCUT2D eigenvalue weighted by molar-refractivity contribution is -0.384. The summed E-state index contributed by atoms with van der Waals surface area (Å²) in [6.45, 7) is -0.407. The van der Waals surface area contributed by atoms with Crippen molar-refractivity contribution in [2.75, 3.05) is 11.9 Å². The highest BCUT2D eigenvalue weighted by Crippen LogP contribution is 2.49. The Kier molecular flexibility index (Phi) is 5.22. The van der Waals surface area contributed by atoms with Crippen LogP contribution in [-0.4, -0.2) is 23.4 Å². The third-order valence-corrected chi connectivity index (χ3v) is 5.42. The third kappa shape index (κ3) is 4.28. The highest BCUT2D eigenvalue weighted by Gasteiger charge is 2.40. The zero-order chi connectivity index (χ0) is 18.0. The molecule has 8 heteroatoms. The molecule has 134 valence electrons. The van der Waals surface area contributed by atoms with Crippen molar-refractivity contribution in [3.63, 3.8) is 0 Å². The molecule has 2 aliphatic rings. The number of carbonyl (C=O) groups is 2. The molecule has 2 bridgehead atoms. The van der Waals surface area contributed by atoms with Crippen LogP contribution in [0.4, 0.5) is 11.4 Å². The molecule has 0 heterocycles. The van der Waals surface area contributed by atoms with Crippen LogP contribution in [0.5, 0.6) is 0 Å². The second kappa shape index (κ2) is 7.39. The lowest BCUT2D eigenvalue weighted by atomic mass is 9.86. The fraction of sp³-hybridized carbons (Fsp3) is 0.529. The first-order valence-electron chi connectivity index (χ1n) is 8.31. The van der Waals surface area contributed by atoms with Gasteiger partial charge in [-0.1, -0.05) is 18.0 Å². The van der Waals surface area contributed by atoms with Crippen molar-refractivity contribution in [3.8, 4) is 0 Å². The summed E-state index contributed by atoms with van der Waals surface area (Å²) in [5.41, 5.74) is -0.0713. The van der Waals surface area contributed by atoms with Gasteiger partial charge >= 0.3 is 5.97 Å². The van der Waals surface area contributed by atoms with Gasteiger partial charge in [0.1, 0.15) is 5.02 Å². The van der Waals surface area contributed by atoms with Gasteiger partial charge in [0.25, 0.3) is 11.6 Å². The fourth-order valence-electron chi connectivity index (χ4n) is 3.97. The molecule has 7 nitrogen and oxygen atoms in total. The monoisotopic (exact) mass is 366 g/mol. The Hall–Kier alpha value is -2.15. The van der Waals surface area contributed by atoms with Gasteiger partial charge in [-0.25, -0.2) is 0 Å². The number of hydrogen-bond donors (Lipinski definition) is 1. The van der Waals surface area contributed by atoms with Gasteiger partial charge in [0.2, 0.25) is 0 Å². The van der Waals surface area contributed by atoms with Crippen molar-refractivity contribution >= 4 is 34.9 Å². The van der Waals surface area contributed by atoms with Crippen molar-refractivity contribution in [2.24, 2.45) is 17.8 Å². The minimum Gasteiger partial charge on any atom is -0.456 e. The standard InChI is InChI=1S/C17H19ClN2O5/c18-14-4-3-13(8-15(14)20(23)24)19-16(21)9-25-17(22)7-12-6-10-1-2-11(12)5-10/h3-4,8,10-12H,1-2,5-7,9H2,(H,19,21)/t10-,11-,12+/m1/s1. The molecule has 2 saturated carbocycles. The van der Waals surface area contributed by atoms with Gasteiger partial charge in [-0.05, 0) is 49.1 Å². The Labute approximate surface area is 149 Å². The number of nitro groups is 1. The molecule has 2 aliphatic carbocycles. The van der Waals surface area contributed by atoms with E-state index in [2.05, 4.69) is 5.32 Å². The normalized spacial score (nSPS) is 24.1. The van der Waals surface area contributed by atoms with E-state index in [0.29, 0.717) is 18.3 Å². The highest BCUT2D eigenvalue weighted by atomic mass is 35.5. The maximum absolute atomic E-state index is 11.9. The number of rotatable bonds is 6. The summed E-state index contributed by atoms with van der Waals surface area (Å²) in [5, 5.41) is 13.3. The fourth-order valence-corrected chi connectivity index (χ4v) is 4.16. The van der Waals surface area contributed by atoms with Crippen LogP contribution in [0.15, 0.2) is 18.2 Å². The smallest absolute Gasteiger partial charge is 0.306 e. The predicted molar refractivity (Wildman–Crippen MR) is 91.3 cm³/mol. The van der Waals surface area contributed by atoms with Crippen LogP contribution in [-0.2, 0) is 14.3 Å². The third-order valence-electron chi connectivity index (χ3n) is 5.10. The summed E-state index contributed by atoms with van der Waals surface area (Å²) < 4.78 is 5.04. The van der Waals surface area contributed by atoms with E-state index in [4.69, 9.17) is 16.3 Å². The van der Waals surface area contributed by atoms with Crippen molar-refractivity contribution in [1.29, 1.82) is 0 Å². The van der Waals surface area contributed by atoms with Crippen LogP contribution >= 0.6 is 11.6 Å². The van der Waals surface area contributed by atoms with E-state index in [1.807, 2.05) is 0 Å². The average Bonchev–Trinajstić information content (AvgIpc) is 3.17. The summed E-state index contributed by atoms with van der Waals surface area (Å²) in [5.74, 6) is 0.855. The SMILES string of the molecule is O=C(COC(=O)C[C@@H]1C[C@@H]2CC[C@@H]1C2)Nc1ccc(Cl)c([N+](=O)[O-])c1. The number of nitrogens with one attached hydrogen (secondary N) is 1. The lowest BCUT2D eigenvalue weighted by Gasteiger charge is -2.20. The molecule has 1 amide bonds. The second-order valence-electron chi connectivity index (χ2n) is 6.77. The number of halogens is 1. The number of amides is 1. The first kappa shape index (κ1) is 17.7. The maximum Gasteiger partial charge on any atom is 0.306 e. The van der Waals surface area contributed by atoms with Gasteiger partial charge < -0.3 is 10.1 Å². The summed E-state index contributed by atoms with van der Waals surface area (Å²) >= 11 is 5.71. The highest BCUT2D eigenvalue weighted by molar-refractivity contribution is 6.32. The van der Waals surface area contributed by atoms with Crippen molar-refractivity contribution in [1.82, 2.24) is 0 Å². The van der Waals surface area contributed by atoms with Crippen LogP contribution in [0, 0.1) is 27.9 Å². The number of hydrogen-bond acceptors (Lipinski definition) is 5. The molecule has 2 fully saturated rings. The van der Waals surface area contributed by atoms with Gasteiger partial charge in [-0.3, -0.25) is 19.7 Å². The van der Waals surface area contributed by atoms with Gasteiger partial charge in [-0.2, -0.15) is 0 Å². The Balaban J connectivity index is 1.45. The molecule has 0 unspecified atom stereocenters. The lowest BCUT2D eigenvalue weighted by Crippen LogP contribution is -2.23. The molecule has 0 saturated heterocycles. The summed E-state index contributed by atoms with van der Waals surface area (Å²) in [4.78, 5) is 34.0. The van der Waals surface area contributed by atoms with E-state index in [9.17, 15) is 19.7 Å². The predicted octanol–water partition coefficient (Wildman–Crippen LogP) is 3.56. The molecule has 1 aromatic carbocycles. The molecule has 0 aliphatic heterocycles. The van der Waals surface area contributed by atoms with Crippen molar-refractivity contribution in [2.45, 2.75) is 32.1 Å². The average molecular weight is 367 g/mol. The van der Waals surface area contributed by atoms with E-state index in [-0.39, 0.29) is 22.4 Å². The van der Waals surface area contributed by atoms with E-state index >= 15 is 0 Å². The van der Waals surface area contributed by atoms with Gasteiger partial charge in [0.05, 0.1) is 4.92 Å². The molecule has 0 radical (unpaired) electrons. The molecule has 1 aromatic rings. The van der Waals surface area contributed by atoms with Crippen molar-refractivity contribution < 1.29 is 19.2 Å². The number of nitro benzene ring substituents is 1. The topological polar surface area (TPSA) is 98.5 Å². The van der Waals surface area contributed by atoms with E-state index in [1.165, 1.54) is 31.4 Å². The largest absolute Gasteiger partial charge is 0.456 e. The molecular weight excluding hydrogens is 348 g/mol. The van der Waals surface area contributed by atoms with Gasteiger partial charge in [-0.15, -0.1) is 0 Å². The zero-order valence-electron chi connectivity index (χ0n) is 13.6. The number of carbonyl (C=O) groups excluding carboxylic acids is 2. The number of benzene rings is 1. The van der Waals surface area contributed by atoms with Crippen LogP contribution < -0.4 is 5.32 Å². The molecule has 3 atom stereocenters. The van der Waals surface area contributed by atoms with Crippen LogP contribution in [0.1, 0.15) is 32.1 Å². The van der Waals surface area contributed by atoms with E-state index < -0.39 is 17.4 Å². The number of anilines is 1. The minimum absolute atomic E-state index is 0.0136. The molecule has 1 N–H and O–H groups in total. The number of esters is 1. The quantitative estimate of drug-likeness (QED) is 0.471. The Morgan fingerprint density at radius 1 is 1.32 bits per heavy atom. The van der Waals surface area contributed by atoms with Gasteiger partial charge in [0, 0.05) is 18.2 Å². The number of ether oxygens (including phenoxy) is 1. The van der Waals surface area contributed by atoms with Crippen LogP contribution in [0.2, 0.25) is 5.02 Å². The van der Waals surface area contributed by atoms with E-state index in [1.54, 1.807) is 0 Å². The Morgan fingerprint density at radius 2 is 2.12 bits per heavy atom. The summed E-state index contributed by atoms with van der Waals surface area (Å²) in [7, 11) is 0.